The monoisotopic (exact) mass is 569 g/mol. The van der Waals surface area contributed by atoms with Crippen LogP contribution >= 0.6 is 23.2 Å². The summed E-state index contributed by atoms with van der Waals surface area (Å²) in [5, 5.41) is 3.67. The van der Waals surface area contributed by atoms with E-state index in [-0.39, 0.29) is 37.7 Å². The maximum atomic E-state index is 13.4. The first kappa shape index (κ1) is 30.9. The number of carbonyl (C=O) groups excluding carboxylic acids is 2. The van der Waals surface area contributed by atoms with Crippen LogP contribution in [0.1, 0.15) is 57.2 Å². The molecule has 0 bridgehead atoms. The Bertz CT molecular complexity index is 1240. The minimum atomic E-state index is -3.57. The van der Waals surface area contributed by atoms with Crippen molar-refractivity contribution >= 4 is 50.7 Å². The molecule has 2 aromatic rings. The number of benzene rings is 2. The van der Waals surface area contributed by atoms with Gasteiger partial charge in [0.2, 0.25) is 21.8 Å². The molecule has 0 fully saturated rings. The van der Waals surface area contributed by atoms with Crippen LogP contribution in [0, 0.1) is 13.8 Å². The quantitative estimate of drug-likeness (QED) is 0.410. The second-order valence-corrected chi connectivity index (χ2v) is 13.1. The first-order valence-electron chi connectivity index (χ1n) is 12.1. The maximum Gasteiger partial charge on any atom is 0.242 e. The minimum Gasteiger partial charge on any atom is -0.350 e. The van der Waals surface area contributed by atoms with Gasteiger partial charge in [0, 0.05) is 25.0 Å². The van der Waals surface area contributed by atoms with E-state index >= 15 is 0 Å². The second-order valence-electron chi connectivity index (χ2n) is 10.4. The van der Waals surface area contributed by atoms with Crippen molar-refractivity contribution in [2.45, 2.75) is 72.5 Å². The van der Waals surface area contributed by atoms with E-state index in [1.165, 1.54) is 9.21 Å². The smallest absolute Gasteiger partial charge is 0.242 e. The van der Waals surface area contributed by atoms with Crippen molar-refractivity contribution in [2.75, 3.05) is 17.1 Å². The minimum absolute atomic E-state index is 0.0609. The average Bonchev–Trinajstić information content (AvgIpc) is 2.76. The summed E-state index contributed by atoms with van der Waals surface area (Å²) in [5.41, 5.74) is 2.63. The predicted molar refractivity (Wildman–Crippen MR) is 152 cm³/mol. The molecule has 0 aliphatic heterocycles. The Morgan fingerprint density at radius 1 is 1.03 bits per heavy atom. The molecule has 204 valence electrons. The number of rotatable bonds is 10. The highest BCUT2D eigenvalue weighted by atomic mass is 35.5. The Balaban J connectivity index is 2.25. The molecule has 0 saturated heterocycles. The van der Waals surface area contributed by atoms with Gasteiger partial charge in [0.15, 0.2) is 0 Å². The molecule has 37 heavy (non-hydrogen) atoms. The molecule has 0 heterocycles. The molecule has 0 aromatic heterocycles. The second kappa shape index (κ2) is 12.5. The van der Waals surface area contributed by atoms with Crippen molar-refractivity contribution in [3.8, 4) is 0 Å². The number of aryl methyl sites for hydroxylation is 2. The lowest BCUT2D eigenvalue weighted by Crippen LogP contribution is -2.52. The molecule has 0 aliphatic rings. The van der Waals surface area contributed by atoms with Crippen LogP contribution in [0.3, 0.4) is 0 Å². The highest BCUT2D eigenvalue weighted by Gasteiger charge is 2.29. The molecule has 2 rings (SSSR count). The highest BCUT2D eigenvalue weighted by Crippen LogP contribution is 2.26. The lowest BCUT2D eigenvalue weighted by Gasteiger charge is -2.32. The predicted octanol–water partition coefficient (Wildman–Crippen LogP) is 5.49. The summed E-state index contributed by atoms with van der Waals surface area (Å²) in [4.78, 5) is 27.9. The van der Waals surface area contributed by atoms with Gasteiger partial charge in [-0.15, -0.1) is 0 Å². The number of nitrogens with zero attached hydrogens (tertiary/aromatic N) is 2. The molecule has 1 atom stereocenters. The maximum absolute atomic E-state index is 13.4. The molecule has 10 heteroatoms. The third-order valence-electron chi connectivity index (χ3n) is 5.79. The van der Waals surface area contributed by atoms with Crippen molar-refractivity contribution in [3.63, 3.8) is 0 Å². The zero-order chi connectivity index (χ0) is 28.1. The van der Waals surface area contributed by atoms with E-state index in [2.05, 4.69) is 5.32 Å². The molecule has 2 aromatic carbocycles. The van der Waals surface area contributed by atoms with E-state index < -0.39 is 21.6 Å². The van der Waals surface area contributed by atoms with Crippen molar-refractivity contribution in [3.05, 3.63) is 63.1 Å². The Labute approximate surface area is 231 Å². The molecular formula is C27H37Cl2N3O4S. The van der Waals surface area contributed by atoms with Crippen LogP contribution < -0.4 is 9.62 Å². The van der Waals surface area contributed by atoms with Gasteiger partial charge in [0.1, 0.15) is 6.04 Å². The van der Waals surface area contributed by atoms with Gasteiger partial charge in [0.25, 0.3) is 0 Å². The van der Waals surface area contributed by atoms with Crippen LogP contribution in [0.15, 0.2) is 36.4 Å². The Kier molecular flexibility index (Phi) is 10.5. The standard InChI is InChI=1S/C27H37Cl2N3O4S/c1-18-10-11-19(2)24(15-18)32(37(7,35)36)14-8-9-25(33)31(20(3)26(34)30-27(4,5)6)17-21-12-13-22(28)23(29)16-21/h10-13,15-16,20H,8-9,14,17H2,1-7H3,(H,30,34)/t20-/m1/s1. The van der Waals surface area contributed by atoms with E-state index in [4.69, 9.17) is 23.2 Å². The zero-order valence-electron chi connectivity index (χ0n) is 22.6. The molecule has 2 amide bonds. The van der Waals surface area contributed by atoms with E-state index in [1.54, 1.807) is 25.1 Å². The largest absolute Gasteiger partial charge is 0.350 e. The SMILES string of the molecule is Cc1ccc(C)c(N(CCCC(=O)N(Cc2ccc(Cl)c(Cl)c2)[C@H](C)C(=O)NC(C)(C)C)S(C)(=O)=O)c1. The fourth-order valence-electron chi connectivity index (χ4n) is 3.86. The lowest BCUT2D eigenvalue weighted by molar-refractivity contribution is -0.141. The summed E-state index contributed by atoms with van der Waals surface area (Å²) in [6.45, 7) is 11.3. The third kappa shape index (κ3) is 9.20. The molecular weight excluding hydrogens is 533 g/mol. The van der Waals surface area contributed by atoms with E-state index in [0.29, 0.717) is 15.7 Å². The fraction of sp³-hybridized carbons (Fsp3) is 0.481. The average molecular weight is 571 g/mol. The van der Waals surface area contributed by atoms with Crippen molar-refractivity contribution < 1.29 is 18.0 Å². The Morgan fingerprint density at radius 2 is 1.68 bits per heavy atom. The van der Waals surface area contributed by atoms with Gasteiger partial charge in [-0.2, -0.15) is 0 Å². The van der Waals surface area contributed by atoms with Gasteiger partial charge >= 0.3 is 0 Å². The van der Waals surface area contributed by atoms with Gasteiger partial charge in [-0.1, -0.05) is 41.4 Å². The number of hydrogen-bond acceptors (Lipinski definition) is 4. The summed E-state index contributed by atoms with van der Waals surface area (Å²) in [5.74, 6) is -0.550. The normalized spacial score (nSPS) is 12.7. The van der Waals surface area contributed by atoms with E-state index in [0.717, 1.165) is 22.9 Å². The van der Waals surface area contributed by atoms with E-state index in [1.807, 2.05) is 52.8 Å². The van der Waals surface area contributed by atoms with Crippen LogP contribution in [0.2, 0.25) is 10.0 Å². The van der Waals surface area contributed by atoms with Gasteiger partial charge in [-0.3, -0.25) is 13.9 Å². The number of amides is 2. The highest BCUT2D eigenvalue weighted by molar-refractivity contribution is 7.92. The number of sulfonamides is 1. The van der Waals surface area contributed by atoms with Crippen LogP contribution in [0.5, 0.6) is 0 Å². The summed E-state index contributed by atoms with van der Waals surface area (Å²) in [6.07, 6.45) is 1.50. The fourth-order valence-corrected chi connectivity index (χ4v) is 5.20. The first-order valence-corrected chi connectivity index (χ1v) is 14.7. The molecule has 7 nitrogen and oxygen atoms in total. The van der Waals surface area contributed by atoms with Crippen LogP contribution in [-0.2, 0) is 26.2 Å². The molecule has 0 saturated carbocycles. The lowest BCUT2D eigenvalue weighted by atomic mass is 10.1. The van der Waals surface area contributed by atoms with Crippen molar-refractivity contribution in [1.29, 1.82) is 0 Å². The number of halogens is 2. The van der Waals surface area contributed by atoms with Gasteiger partial charge in [0.05, 0.1) is 22.0 Å². The molecule has 0 radical (unpaired) electrons. The third-order valence-corrected chi connectivity index (χ3v) is 7.71. The Morgan fingerprint density at radius 3 is 2.24 bits per heavy atom. The van der Waals surface area contributed by atoms with E-state index in [9.17, 15) is 18.0 Å². The summed E-state index contributed by atoms with van der Waals surface area (Å²) in [7, 11) is -3.57. The molecule has 1 N–H and O–H groups in total. The van der Waals surface area contributed by atoms with Gasteiger partial charge in [-0.25, -0.2) is 8.42 Å². The van der Waals surface area contributed by atoms with Crippen LogP contribution in [0.4, 0.5) is 5.69 Å². The summed E-state index contributed by atoms with van der Waals surface area (Å²) >= 11 is 12.2. The Hall–Kier alpha value is -2.29. The van der Waals surface area contributed by atoms with Crippen LogP contribution in [-0.4, -0.2) is 49.5 Å². The van der Waals surface area contributed by atoms with Crippen LogP contribution in [0.25, 0.3) is 0 Å². The summed E-state index contributed by atoms with van der Waals surface area (Å²) < 4.78 is 26.5. The molecule has 0 spiro atoms. The number of carbonyl (C=O) groups is 2. The number of nitrogens with one attached hydrogen (secondary N) is 1. The van der Waals surface area contributed by atoms with Gasteiger partial charge in [-0.05, 0) is 82.9 Å². The molecule has 0 aliphatic carbocycles. The molecule has 0 unspecified atom stereocenters. The van der Waals surface area contributed by atoms with Crippen molar-refractivity contribution in [1.82, 2.24) is 10.2 Å². The number of hydrogen-bond donors (Lipinski definition) is 1. The summed E-state index contributed by atoms with van der Waals surface area (Å²) in [6, 6.07) is 9.95. The first-order chi connectivity index (χ1) is 17.0. The van der Waals surface area contributed by atoms with Crippen molar-refractivity contribution in [2.24, 2.45) is 0 Å². The number of anilines is 1. The van der Waals surface area contributed by atoms with Gasteiger partial charge < -0.3 is 10.2 Å². The topological polar surface area (TPSA) is 86.8 Å². The zero-order valence-corrected chi connectivity index (χ0v) is 24.9.